The predicted octanol–water partition coefficient (Wildman–Crippen LogP) is 2.20. The molecule has 0 saturated carbocycles. The van der Waals surface area contributed by atoms with E-state index in [0.717, 1.165) is 4.31 Å². The van der Waals surface area contributed by atoms with Gasteiger partial charge in [-0.05, 0) is 34.1 Å². The topological polar surface area (TPSA) is 74.7 Å². The molecule has 0 radical (unpaired) electrons. The van der Waals surface area contributed by atoms with Crippen LogP contribution in [0.2, 0.25) is 5.02 Å². The van der Waals surface area contributed by atoms with Crippen molar-refractivity contribution < 1.29 is 18.3 Å². The highest BCUT2D eigenvalue weighted by Gasteiger charge is 2.21. The van der Waals surface area contributed by atoms with E-state index < -0.39 is 16.0 Å². The molecule has 0 aromatic heterocycles. The SMILES string of the molecule is CN(CCC(=O)O)S(=O)(=O)c1ccc(Cl)c(Br)c1. The van der Waals surface area contributed by atoms with Crippen molar-refractivity contribution in [1.82, 2.24) is 4.31 Å². The number of sulfonamides is 1. The van der Waals surface area contributed by atoms with E-state index in [0.29, 0.717) is 9.50 Å². The van der Waals surface area contributed by atoms with Crippen LogP contribution >= 0.6 is 27.5 Å². The Bertz CT molecular complexity index is 561. The van der Waals surface area contributed by atoms with Crippen molar-refractivity contribution in [2.24, 2.45) is 0 Å². The monoisotopic (exact) mass is 355 g/mol. The maximum absolute atomic E-state index is 12.1. The Morgan fingerprint density at radius 2 is 2.11 bits per heavy atom. The van der Waals surface area contributed by atoms with Gasteiger partial charge in [-0.15, -0.1) is 0 Å². The van der Waals surface area contributed by atoms with Crippen molar-refractivity contribution in [1.29, 1.82) is 0 Å². The fourth-order valence-corrected chi connectivity index (χ4v) is 3.04. The first-order chi connectivity index (χ1) is 8.25. The largest absolute Gasteiger partial charge is 0.481 e. The molecule has 0 amide bonds. The van der Waals surface area contributed by atoms with Crippen LogP contribution in [0.15, 0.2) is 27.6 Å². The first-order valence-corrected chi connectivity index (χ1v) is 7.49. The Balaban J connectivity index is 2.98. The van der Waals surface area contributed by atoms with E-state index in [4.69, 9.17) is 16.7 Å². The summed E-state index contributed by atoms with van der Waals surface area (Å²) < 4.78 is 25.6. The molecule has 0 aliphatic heterocycles. The van der Waals surface area contributed by atoms with Gasteiger partial charge in [0.25, 0.3) is 0 Å². The minimum absolute atomic E-state index is 0.0617. The fraction of sp³-hybridized carbons (Fsp3) is 0.300. The standard InChI is InChI=1S/C10H11BrClNO4S/c1-13(5-4-10(14)15)18(16,17)7-2-3-9(12)8(11)6-7/h2-3,6H,4-5H2,1H3,(H,14,15). The number of carboxylic acid groups (broad SMARTS) is 1. The molecule has 0 saturated heterocycles. The van der Waals surface area contributed by atoms with E-state index in [-0.39, 0.29) is 17.9 Å². The van der Waals surface area contributed by atoms with Crippen LogP contribution in [-0.2, 0) is 14.8 Å². The van der Waals surface area contributed by atoms with Gasteiger partial charge in [0.05, 0.1) is 16.3 Å². The number of nitrogens with zero attached hydrogens (tertiary/aromatic N) is 1. The highest BCUT2D eigenvalue weighted by molar-refractivity contribution is 9.10. The minimum atomic E-state index is -3.69. The number of hydrogen-bond acceptors (Lipinski definition) is 3. The first kappa shape index (κ1) is 15.4. The Labute approximate surface area is 119 Å². The molecule has 1 aromatic rings. The van der Waals surface area contributed by atoms with E-state index in [9.17, 15) is 13.2 Å². The van der Waals surface area contributed by atoms with E-state index >= 15 is 0 Å². The molecule has 0 bridgehead atoms. The van der Waals surface area contributed by atoms with Gasteiger partial charge in [-0.25, -0.2) is 12.7 Å². The number of halogens is 2. The van der Waals surface area contributed by atoms with Crippen molar-refractivity contribution in [3.63, 3.8) is 0 Å². The van der Waals surface area contributed by atoms with E-state index in [1.807, 2.05) is 0 Å². The van der Waals surface area contributed by atoms with Crippen LogP contribution in [0, 0.1) is 0 Å². The van der Waals surface area contributed by atoms with Crippen LogP contribution in [0.3, 0.4) is 0 Å². The summed E-state index contributed by atoms with van der Waals surface area (Å²) in [7, 11) is -2.36. The number of rotatable bonds is 5. The zero-order valence-corrected chi connectivity index (χ0v) is 12.6. The number of carbonyl (C=O) groups is 1. The van der Waals surface area contributed by atoms with Crippen LogP contribution in [0.5, 0.6) is 0 Å². The Hall–Kier alpha value is -0.630. The fourth-order valence-electron chi connectivity index (χ4n) is 1.19. The third-order valence-corrected chi connectivity index (χ3v) is 5.31. The van der Waals surface area contributed by atoms with Gasteiger partial charge in [0.2, 0.25) is 10.0 Å². The third kappa shape index (κ3) is 3.68. The molecule has 1 rings (SSSR count). The summed E-state index contributed by atoms with van der Waals surface area (Å²) in [6.07, 6.45) is -0.246. The smallest absolute Gasteiger partial charge is 0.304 e. The summed E-state index contributed by atoms with van der Waals surface area (Å²) in [4.78, 5) is 10.5. The summed E-state index contributed by atoms with van der Waals surface area (Å²) in [6.45, 7) is -0.0854. The second-order valence-electron chi connectivity index (χ2n) is 3.55. The third-order valence-electron chi connectivity index (χ3n) is 2.24. The molecule has 0 fully saturated rings. The molecule has 18 heavy (non-hydrogen) atoms. The molecule has 0 heterocycles. The van der Waals surface area contributed by atoms with Crippen LogP contribution in [0.25, 0.3) is 0 Å². The molecule has 0 unspecified atom stereocenters. The maximum Gasteiger partial charge on any atom is 0.304 e. The average molecular weight is 357 g/mol. The van der Waals surface area contributed by atoms with Gasteiger partial charge in [0.1, 0.15) is 0 Å². The Morgan fingerprint density at radius 3 is 2.61 bits per heavy atom. The molecule has 0 atom stereocenters. The lowest BCUT2D eigenvalue weighted by atomic mass is 10.4. The number of carboxylic acids is 1. The van der Waals surface area contributed by atoms with Gasteiger partial charge in [-0.3, -0.25) is 4.79 Å². The predicted molar refractivity (Wildman–Crippen MR) is 71.2 cm³/mol. The number of benzene rings is 1. The van der Waals surface area contributed by atoms with Crippen LogP contribution in [0.4, 0.5) is 0 Å². The summed E-state index contributed by atoms with van der Waals surface area (Å²) >= 11 is 8.92. The first-order valence-electron chi connectivity index (χ1n) is 4.88. The molecule has 0 spiro atoms. The molecule has 100 valence electrons. The second kappa shape index (κ2) is 6.01. The van der Waals surface area contributed by atoms with E-state index in [1.165, 1.54) is 25.2 Å². The van der Waals surface area contributed by atoms with Crippen LogP contribution < -0.4 is 0 Å². The lowest BCUT2D eigenvalue weighted by Gasteiger charge is -2.16. The van der Waals surface area contributed by atoms with E-state index in [2.05, 4.69) is 15.9 Å². The van der Waals surface area contributed by atoms with Gasteiger partial charge >= 0.3 is 5.97 Å². The molecule has 0 aliphatic carbocycles. The van der Waals surface area contributed by atoms with E-state index in [1.54, 1.807) is 0 Å². The summed E-state index contributed by atoms with van der Waals surface area (Å²) in [6, 6.07) is 4.22. The van der Waals surface area contributed by atoms with Crippen molar-refractivity contribution >= 4 is 43.5 Å². The minimum Gasteiger partial charge on any atom is -0.481 e. The number of hydrogen-bond donors (Lipinski definition) is 1. The molecule has 8 heteroatoms. The molecule has 1 N–H and O–H groups in total. The molecular formula is C10H11BrClNO4S. The summed E-state index contributed by atoms with van der Waals surface area (Å²) in [5.41, 5.74) is 0. The van der Waals surface area contributed by atoms with Crippen LogP contribution in [-0.4, -0.2) is 37.4 Å². The quantitative estimate of drug-likeness (QED) is 0.877. The van der Waals surface area contributed by atoms with Crippen molar-refractivity contribution in [3.05, 3.63) is 27.7 Å². The normalized spacial score (nSPS) is 11.8. The van der Waals surface area contributed by atoms with Gasteiger partial charge in [-0.2, -0.15) is 0 Å². The summed E-state index contributed by atoms with van der Waals surface area (Å²) in [5, 5.41) is 8.94. The van der Waals surface area contributed by atoms with Crippen molar-refractivity contribution in [2.75, 3.05) is 13.6 Å². The van der Waals surface area contributed by atoms with Crippen molar-refractivity contribution in [3.8, 4) is 0 Å². The summed E-state index contributed by atoms with van der Waals surface area (Å²) in [5.74, 6) is -1.05. The van der Waals surface area contributed by atoms with Gasteiger partial charge in [-0.1, -0.05) is 11.6 Å². The molecule has 1 aromatic carbocycles. The Morgan fingerprint density at radius 1 is 1.50 bits per heavy atom. The van der Waals surface area contributed by atoms with Gasteiger partial charge in [0, 0.05) is 18.1 Å². The average Bonchev–Trinajstić information content (AvgIpc) is 2.29. The van der Waals surface area contributed by atoms with Gasteiger partial charge in [0.15, 0.2) is 0 Å². The lowest BCUT2D eigenvalue weighted by Crippen LogP contribution is -2.29. The number of aliphatic carboxylic acids is 1. The molecule has 0 aliphatic rings. The van der Waals surface area contributed by atoms with Crippen molar-refractivity contribution in [2.45, 2.75) is 11.3 Å². The molecular weight excluding hydrogens is 346 g/mol. The highest BCUT2D eigenvalue weighted by atomic mass is 79.9. The zero-order chi connectivity index (χ0) is 13.9. The lowest BCUT2D eigenvalue weighted by molar-refractivity contribution is -0.137. The molecule has 5 nitrogen and oxygen atoms in total. The highest BCUT2D eigenvalue weighted by Crippen LogP contribution is 2.26. The zero-order valence-electron chi connectivity index (χ0n) is 9.43. The van der Waals surface area contributed by atoms with Gasteiger partial charge < -0.3 is 5.11 Å². The Kier molecular flexibility index (Phi) is 5.15. The van der Waals surface area contributed by atoms with Crippen LogP contribution in [0.1, 0.15) is 6.42 Å². The second-order valence-corrected chi connectivity index (χ2v) is 6.85. The maximum atomic E-state index is 12.1.